The van der Waals surface area contributed by atoms with E-state index in [0.717, 1.165) is 29.4 Å². The van der Waals surface area contributed by atoms with E-state index in [9.17, 15) is 0 Å². The largest absolute Gasteiger partial charge is 0.496 e. The molecule has 0 bridgehead atoms. The number of aryl methyl sites for hydroxylation is 1. The topological polar surface area (TPSA) is 73.1 Å². The van der Waals surface area contributed by atoms with Crippen molar-refractivity contribution in [2.75, 3.05) is 18.2 Å². The van der Waals surface area contributed by atoms with E-state index < -0.39 is 0 Å². The number of nitrogens with zero attached hydrogens (tertiary/aromatic N) is 2. The SMILES string of the molecule is CCc1nc(N)cc(NCc2ccccc2OC)n1. The molecule has 0 unspecified atom stereocenters. The number of nitrogens with one attached hydrogen (secondary N) is 1. The Kier molecular flexibility index (Phi) is 4.18. The second-order valence-electron chi connectivity index (χ2n) is 4.11. The molecule has 2 rings (SSSR count). The van der Waals surface area contributed by atoms with E-state index in [0.29, 0.717) is 12.4 Å². The standard InChI is InChI=1S/C14H18N4O/c1-3-13-17-12(15)8-14(18-13)16-9-10-6-4-5-7-11(10)19-2/h4-8H,3,9H2,1-2H3,(H3,15,16,17,18). The van der Waals surface area contributed by atoms with Gasteiger partial charge in [-0.2, -0.15) is 0 Å². The normalized spacial score (nSPS) is 10.2. The van der Waals surface area contributed by atoms with Crippen molar-refractivity contribution in [2.45, 2.75) is 19.9 Å². The van der Waals surface area contributed by atoms with E-state index in [-0.39, 0.29) is 0 Å². The number of anilines is 2. The number of nitrogen functional groups attached to an aromatic ring is 1. The van der Waals surface area contributed by atoms with Crippen molar-refractivity contribution in [2.24, 2.45) is 0 Å². The first-order valence-electron chi connectivity index (χ1n) is 6.22. The van der Waals surface area contributed by atoms with Crippen molar-refractivity contribution < 1.29 is 4.74 Å². The van der Waals surface area contributed by atoms with Crippen LogP contribution in [0.15, 0.2) is 30.3 Å². The van der Waals surface area contributed by atoms with Gasteiger partial charge in [-0.15, -0.1) is 0 Å². The van der Waals surface area contributed by atoms with E-state index in [1.54, 1.807) is 13.2 Å². The molecule has 0 amide bonds. The van der Waals surface area contributed by atoms with Crippen LogP contribution in [-0.4, -0.2) is 17.1 Å². The highest BCUT2D eigenvalue weighted by Gasteiger charge is 2.04. The summed E-state index contributed by atoms with van der Waals surface area (Å²) in [6.07, 6.45) is 0.758. The summed E-state index contributed by atoms with van der Waals surface area (Å²) in [5, 5.41) is 3.24. The fraction of sp³-hybridized carbons (Fsp3) is 0.286. The lowest BCUT2D eigenvalue weighted by atomic mass is 10.2. The second-order valence-corrected chi connectivity index (χ2v) is 4.11. The van der Waals surface area contributed by atoms with Gasteiger partial charge in [-0.1, -0.05) is 25.1 Å². The van der Waals surface area contributed by atoms with Gasteiger partial charge >= 0.3 is 0 Å². The lowest BCUT2D eigenvalue weighted by molar-refractivity contribution is 0.410. The number of para-hydroxylation sites is 1. The molecule has 0 spiro atoms. The number of nitrogens with two attached hydrogens (primary N) is 1. The fourth-order valence-electron chi connectivity index (χ4n) is 1.80. The molecule has 1 heterocycles. The zero-order valence-electron chi connectivity index (χ0n) is 11.2. The molecule has 1 aromatic heterocycles. The van der Waals surface area contributed by atoms with Gasteiger partial charge in [0.15, 0.2) is 0 Å². The van der Waals surface area contributed by atoms with Crippen LogP contribution in [0.25, 0.3) is 0 Å². The number of rotatable bonds is 5. The molecule has 0 fully saturated rings. The Hall–Kier alpha value is -2.30. The average molecular weight is 258 g/mol. The second kappa shape index (κ2) is 6.04. The van der Waals surface area contributed by atoms with Gasteiger partial charge in [0.25, 0.3) is 0 Å². The van der Waals surface area contributed by atoms with Crippen molar-refractivity contribution in [1.29, 1.82) is 0 Å². The monoisotopic (exact) mass is 258 g/mol. The van der Waals surface area contributed by atoms with Gasteiger partial charge in [0, 0.05) is 24.6 Å². The van der Waals surface area contributed by atoms with Crippen LogP contribution in [0.1, 0.15) is 18.3 Å². The lowest BCUT2D eigenvalue weighted by Gasteiger charge is -2.10. The third kappa shape index (κ3) is 3.34. The van der Waals surface area contributed by atoms with E-state index >= 15 is 0 Å². The number of hydrogen-bond acceptors (Lipinski definition) is 5. The smallest absolute Gasteiger partial charge is 0.132 e. The molecule has 0 aliphatic heterocycles. The van der Waals surface area contributed by atoms with E-state index in [2.05, 4.69) is 15.3 Å². The van der Waals surface area contributed by atoms with Crippen LogP contribution >= 0.6 is 0 Å². The highest BCUT2D eigenvalue weighted by Crippen LogP contribution is 2.18. The van der Waals surface area contributed by atoms with Gasteiger partial charge < -0.3 is 15.8 Å². The molecular formula is C14H18N4O. The minimum absolute atomic E-state index is 0.481. The Morgan fingerprint density at radius 3 is 2.79 bits per heavy atom. The van der Waals surface area contributed by atoms with E-state index in [1.807, 2.05) is 31.2 Å². The summed E-state index contributed by atoms with van der Waals surface area (Å²) in [5.74, 6) is 2.81. The van der Waals surface area contributed by atoms with E-state index in [4.69, 9.17) is 10.5 Å². The van der Waals surface area contributed by atoms with Crippen LogP contribution in [0.4, 0.5) is 11.6 Å². The molecule has 3 N–H and O–H groups in total. The summed E-state index contributed by atoms with van der Waals surface area (Å²) in [4.78, 5) is 8.52. The number of benzene rings is 1. The molecule has 0 saturated carbocycles. The molecule has 0 radical (unpaired) electrons. The van der Waals surface area contributed by atoms with Crippen LogP contribution in [0, 0.1) is 0 Å². The van der Waals surface area contributed by atoms with Crippen molar-refractivity contribution in [3.8, 4) is 5.75 Å². The zero-order chi connectivity index (χ0) is 13.7. The zero-order valence-corrected chi connectivity index (χ0v) is 11.2. The van der Waals surface area contributed by atoms with Gasteiger partial charge in [0.1, 0.15) is 23.2 Å². The van der Waals surface area contributed by atoms with Crippen molar-refractivity contribution in [3.05, 3.63) is 41.7 Å². The summed E-state index contributed by atoms with van der Waals surface area (Å²) >= 11 is 0. The number of ether oxygens (including phenoxy) is 1. The quantitative estimate of drug-likeness (QED) is 0.860. The van der Waals surface area contributed by atoms with Gasteiger partial charge in [0.05, 0.1) is 7.11 Å². The third-order valence-electron chi connectivity index (χ3n) is 2.76. The first kappa shape index (κ1) is 13.1. The minimum atomic E-state index is 0.481. The molecule has 0 atom stereocenters. The Morgan fingerprint density at radius 1 is 1.26 bits per heavy atom. The Bertz CT molecular complexity index is 557. The Labute approximate surface area is 112 Å². The van der Waals surface area contributed by atoms with Crippen LogP contribution in [0.3, 0.4) is 0 Å². The Balaban J connectivity index is 2.12. The summed E-state index contributed by atoms with van der Waals surface area (Å²) in [7, 11) is 1.66. The van der Waals surface area contributed by atoms with Crippen LogP contribution in [-0.2, 0) is 13.0 Å². The first-order chi connectivity index (χ1) is 9.22. The molecule has 100 valence electrons. The molecule has 0 aliphatic carbocycles. The van der Waals surface area contributed by atoms with Gasteiger partial charge in [0.2, 0.25) is 0 Å². The third-order valence-corrected chi connectivity index (χ3v) is 2.76. The number of hydrogen-bond donors (Lipinski definition) is 2. The van der Waals surface area contributed by atoms with Crippen molar-refractivity contribution >= 4 is 11.6 Å². The van der Waals surface area contributed by atoms with E-state index in [1.165, 1.54) is 0 Å². The summed E-state index contributed by atoms with van der Waals surface area (Å²) in [6, 6.07) is 9.60. The molecular weight excluding hydrogens is 240 g/mol. The maximum atomic E-state index is 5.74. The summed E-state index contributed by atoms with van der Waals surface area (Å²) in [6.45, 7) is 2.63. The van der Waals surface area contributed by atoms with Crippen LogP contribution in [0.5, 0.6) is 5.75 Å². The highest BCUT2D eigenvalue weighted by atomic mass is 16.5. The number of methoxy groups -OCH3 is 1. The van der Waals surface area contributed by atoms with Gasteiger partial charge in [-0.25, -0.2) is 9.97 Å². The van der Waals surface area contributed by atoms with Gasteiger partial charge in [-0.3, -0.25) is 0 Å². The van der Waals surface area contributed by atoms with Crippen LogP contribution in [0.2, 0.25) is 0 Å². The summed E-state index contributed by atoms with van der Waals surface area (Å²) < 4.78 is 5.30. The first-order valence-corrected chi connectivity index (χ1v) is 6.22. The van der Waals surface area contributed by atoms with Crippen molar-refractivity contribution in [1.82, 2.24) is 9.97 Å². The maximum Gasteiger partial charge on any atom is 0.132 e. The lowest BCUT2D eigenvalue weighted by Crippen LogP contribution is -2.06. The fourth-order valence-corrected chi connectivity index (χ4v) is 1.80. The molecule has 2 aromatic rings. The molecule has 0 aliphatic rings. The predicted molar refractivity (Wildman–Crippen MR) is 76.1 cm³/mol. The summed E-state index contributed by atoms with van der Waals surface area (Å²) in [5.41, 5.74) is 6.81. The van der Waals surface area contributed by atoms with Crippen LogP contribution < -0.4 is 15.8 Å². The molecule has 19 heavy (non-hydrogen) atoms. The molecule has 5 nitrogen and oxygen atoms in total. The average Bonchev–Trinajstić information content (AvgIpc) is 2.44. The van der Waals surface area contributed by atoms with Gasteiger partial charge in [-0.05, 0) is 6.07 Å². The molecule has 5 heteroatoms. The molecule has 0 saturated heterocycles. The number of aromatic nitrogens is 2. The Morgan fingerprint density at radius 2 is 2.05 bits per heavy atom. The van der Waals surface area contributed by atoms with Crippen molar-refractivity contribution in [3.63, 3.8) is 0 Å². The predicted octanol–water partition coefficient (Wildman–Crippen LogP) is 2.24. The highest BCUT2D eigenvalue weighted by molar-refractivity contribution is 5.46. The molecule has 1 aromatic carbocycles. The maximum absolute atomic E-state index is 5.74. The minimum Gasteiger partial charge on any atom is -0.496 e.